The van der Waals surface area contributed by atoms with Gasteiger partial charge in [-0.3, -0.25) is 14.5 Å². The summed E-state index contributed by atoms with van der Waals surface area (Å²) in [7, 11) is 0. The Balaban J connectivity index is 1.34. The molecule has 2 heterocycles. The van der Waals surface area contributed by atoms with Crippen molar-refractivity contribution in [3.05, 3.63) is 0 Å². The summed E-state index contributed by atoms with van der Waals surface area (Å²) in [5, 5.41) is 3.21. The zero-order valence-electron chi connectivity index (χ0n) is 16.4. The topological polar surface area (TPSA) is 55.9 Å². The summed E-state index contributed by atoms with van der Waals surface area (Å²) < 4.78 is 0. The SMILES string of the molecule is CCN1CCC(NC(=O)CN2CCN(C(=O)C3CCCCC3)CC2)CC1. The van der Waals surface area contributed by atoms with Gasteiger partial charge in [0.15, 0.2) is 0 Å². The lowest BCUT2D eigenvalue weighted by molar-refractivity contribution is -0.138. The second kappa shape index (κ2) is 9.70. The molecule has 0 unspecified atom stereocenters. The van der Waals surface area contributed by atoms with Crippen LogP contribution in [0.25, 0.3) is 0 Å². The van der Waals surface area contributed by atoms with E-state index in [1.807, 2.05) is 4.90 Å². The Kier molecular flexibility index (Phi) is 7.32. The second-order valence-corrected chi connectivity index (χ2v) is 8.21. The van der Waals surface area contributed by atoms with E-state index in [9.17, 15) is 9.59 Å². The van der Waals surface area contributed by atoms with Gasteiger partial charge in [0.05, 0.1) is 6.54 Å². The zero-order valence-corrected chi connectivity index (χ0v) is 16.4. The predicted octanol–water partition coefficient (Wildman–Crippen LogP) is 1.31. The Morgan fingerprint density at radius 2 is 1.50 bits per heavy atom. The predicted molar refractivity (Wildman–Crippen MR) is 103 cm³/mol. The fraction of sp³-hybridized carbons (Fsp3) is 0.900. The highest BCUT2D eigenvalue weighted by atomic mass is 16.2. The first-order valence-electron chi connectivity index (χ1n) is 10.7. The number of piperidine rings is 1. The van der Waals surface area contributed by atoms with E-state index in [2.05, 4.69) is 22.0 Å². The molecule has 26 heavy (non-hydrogen) atoms. The summed E-state index contributed by atoms with van der Waals surface area (Å²) >= 11 is 0. The summed E-state index contributed by atoms with van der Waals surface area (Å²) in [5.74, 6) is 0.760. The van der Waals surface area contributed by atoms with Crippen molar-refractivity contribution in [2.75, 3.05) is 52.4 Å². The van der Waals surface area contributed by atoms with Gasteiger partial charge in [-0.25, -0.2) is 0 Å². The van der Waals surface area contributed by atoms with Gasteiger partial charge in [0.2, 0.25) is 11.8 Å². The molecule has 1 saturated carbocycles. The number of carbonyl (C=O) groups excluding carboxylic acids is 2. The lowest BCUT2D eigenvalue weighted by Gasteiger charge is -2.37. The van der Waals surface area contributed by atoms with Crippen LogP contribution in [0.15, 0.2) is 0 Å². The molecule has 1 N–H and O–H groups in total. The van der Waals surface area contributed by atoms with Crippen molar-refractivity contribution < 1.29 is 9.59 Å². The van der Waals surface area contributed by atoms with Gasteiger partial charge < -0.3 is 15.1 Å². The van der Waals surface area contributed by atoms with E-state index in [0.29, 0.717) is 18.5 Å². The molecule has 6 heteroatoms. The van der Waals surface area contributed by atoms with Crippen molar-refractivity contribution in [3.8, 4) is 0 Å². The van der Waals surface area contributed by atoms with Gasteiger partial charge in [-0.05, 0) is 32.2 Å². The van der Waals surface area contributed by atoms with E-state index in [1.54, 1.807) is 0 Å². The largest absolute Gasteiger partial charge is 0.352 e. The number of hydrogen-bond acceptors (Lipinski definition) is 4. The maximum Gasteiger partial charge on any atom is 0.234 e. The van der Waals surface area contributed by atoms with Crippen molar-refractivity contribution in [3.63, 3.8) is 0 Å². The van der Waals surface area contributed by atoms with E-state index in [-0.39, 0.29) is 11.8 Å². The van der Waals surface area contributed by atoms with Crippen LogP contribution >= 0.6 is 0 Å². The lowest BCUT2D eigenvalue weighted by Crippen LogP contribution is -2.53. The number of likely N-dealkylation sites (tertiary alicyclic amines) is 1. The first-order chi connectivity index (χ1) is 12.7. The number of carbonyl (C=O) groups is 2. The van der Waals surface area contributed by atoms with Crippen LogP contribution in [0, 0.1) is 5.92 Å². The molecule has 3 fully saturated rings. The number of rotatable bonds is 5. The molecule has 0 spiro atoms. The highest BCUT2D eigenvalue weighted by Gasteiger charge is 2.29. The summed E-state index contributed by atoms with van der Waals surface area (Å²) in [6, 6.07) is 0.333. The second-order valence-electron chi connectivity index (χ2n) is 8.21. The Morgan fingerprint density at radius 1 is 0.846 bits per heavy atom. The summed E-state index contributed by atoms with van der Waals surface area (Å²) in [5.41, 5.74) is 0. The Hall–Kier alpha value is -1.14. The van der Waals surface area contributed by atoms with Crippen LogP contribution in [-0.4, -0.2) is 84.9 Å². The molecule has 0 aromatic rings. The zero-order chi connectivity index (χ0) is 18.4. The minimum absolute atomic E-state index is 0.145. The van der Waals surface area contributed by atoms with Crippen molar-refractivity contribution in [2.45, 2.75) is 57.9 Å². The van der Waals surface area contributed by atoms with Crippen molar-refractivity contribution in [1.29, 1.82) is 0 Å². The van der Waals surface area contributed by atoms with Crippen LogP contribution in [0.3, 0.4) is 0 Å². The van der Waals surface area contributed by atoms with Crippen LogP contribution in [0.5, 0.6) is 0 Å². The number of nitrogens with zero attached hydrogens (tertiary/aromatic N) is 3. The third kappa shape index (κ3) is 5.43. The molecule has 0 atom stereocenters. The molecular formula is C20H36N4O2. The van der Waals surface area contributed by atoms with E-state index in [4.69, 9.17) is 0 Å². The third-order valence-corrected chi connectivity index (χ3v) is 6.41. The van der Waals surface area contributed by atoms with Gasteiger partial charge in [0.25, 0.3) is 0 Å². The van der Waals surface area contributed by atoms with Gasteiger partial charge in [-0.1, -0.05) is 26.2 Å². The first kappa shape index (κ1) is 19.6. The number of nitrogens with one attached hydrogen (secondary N) is 1. The highest BCUT2D eigenvalue weighted by molar-refractivity contribution is 5.79. The molecule has 0 aromatic heterocycles. The maximum absolute atomic E-state index is 12.6. The molecule has 3 rings (SSSR count). The third-order valence-electron chi connectivity index (χ3n) is 6.41. The monoisotopic (exact) mass is 364 g/mol. The normalized spacial score (nSPS) is 24.6. The Morgan fingerprint density at radius 3 is 2.12 bits per heavy atom. The van der Waals surface area contributed by atoms with Gasteiger partial charge >= 0.3 is 0 Å². The van der Waals surface area contributed by atoms with E-state index in [1.165, 1.54) is 19.3 Å². The molecule has 0 radical (unpaired) electrons. The molecule has 2 saturated heterocycles. The molecule has 148 valence electrons. The van der Waals surface area contributed by atoms with Gasteiger partial charge in [-0.2, -0.15) is 0 Å². The minimum atomic E-state index is 0.145. The number of piperazine rings is 1. The fourth-order valence-corrected chi connectivity index (χ4v) is 4.60. The Labute approximate surface area is 158 Å². The number of amides is 2. The molecule has 2 amide bonds. The molecule has 0 aromatic carbocycles. The summed E-state index contributed by atoms with van der Waals surface area (Å²) in [4.78, 5) is 31.6. The van der Waals surface area contributed by atoms with Crippen LogP contribution in [0.4, 0.5) is 0 Å². The minimum Gasteiger partial charge on any atom is -0.352 e. The average Bonchev–Trinajstić information content (AvgIpc) is 2.69. The summed E-state index contributed by atoms with van der Waals surface area (Å²) in [6.45, 7) is 9.13. The number of hydrogen-bond donors (Lipinski definition) is 1. The average molecular weight is 365 g/mol. The van der Waals surface area contributed by atoms with Crippen LogP contribution in [0.1, 0.15) is 51.9 Å². The molecule has 0 bridgehead atoms. The molecule has 1 aliphatic carbocycles. The van der Waals surface area contributed by atoms with Crippen molar-refractivity contribution >= 4 is 11.8 Å². The molecule has 3 aliphatic rings. The first-order valence-corrected chi connectivity index (χ1v) is 10.7. The van der Waals surface area contributed by atoms with Crippen molar-refractivity contribution in [1.82, 2.24) is 20.0 Å². The fourth-order valence-electron chi connectivity index (χ4n) is 4.60. The van der Waals surface area contributed by atoms with Crippen LogP contribution < -0.4 is 5.32 Å². The van der Waals surface area contributed by atoms with Crippen LogP contribution in [0.2, 0.25) is 0 Å². The van der Waals surface area contributed by atoms with E-state index < -0.39 is 0 Å². The quantitative estimate of drug-likeness (QED) is 0.799. The highest BCUT2D eigenvalue weighted by Crippen LogP contribution is 2.25. The Bertz CT molecular complexity index is 462. The molecule has 6 nitrogen and oxygen atoms in total. The van der Waals surface area contributed by atoms with E-state index in [0.717, 1.165) is 71.5 Å². The van der Waals surface area contributed by atoms with Gasteiger partial charge in [0, 0.05) is 51.2 Å². The molecular weight excluding hydrogens is 328 g/mol. The smallest absolute Gasteiger partial charge is 0.234 e. The van der Waals surface area contributed by atoms with Gasteiger partial charge in [-0.15, -0.1) is 0 Å². The lowest BCUT2D eigenvalue weighted by atomic mass is 9.88. The molecule has 2 aliphatic heterocycles. The van der Waals surface area contributed by atoms with Crippen molar-refractivity contribution in [2.24, 2.45) is 5.92 Å². The maximum atomic E-state index is 12.6. The van der Waals surface area contributed by atoms with E-state index >= 15 is 0 Å². The van der Waals surface area contributed by atoms with Crippen LogP contribution in [-0.2, 0) is 9.59 Å². The summed E-state index contributed by atoms with van der Waals surface area (Å²) in [6.07, 6.45) is 7.94. The standard InChI is InChI=1S/C20H36N4O2/c1-2-22-10-8-18(9-11-22)21-19(25)16-23-12-14-24(15-13-23)20(26)17-6-4-3-5-7-17/h17-18H,2-16H2,1H3,(H,21,25). The van der Waals surface area contributed by atoms with Gasteiger partial charge in [0.1, 0.15) is 0 Å².